The lowest BCUT2D eigenvalue weighted by Crippen LogP contribution is -2.52. The molecule has 5 nitrogen and oxygen atoms in total. The number of carboxylic acid groups (broad SMARTS) is 1. The molecule has 0 radical (unpaired) electrons. The number of esters is 1. The van der Waals surface area contributed by atoms with Crippen LogP contribution in [0.1, 0.15) is 96.0 Å². The number of unbranched alkanes of at least 4 members (excludes halogenated alkanes) is 7. The van der Waals surface area contributed by atoms with E-state index in [9.17, 15) is 22.8 Å². The fraction of sp³-hybridized carbons (Fsp3) is 0.667. The van der Waals surface area contributed by atoms with Crippen LogP contribution in [0.25, 0.3) is 0 Å². The van der Waals surface area contributed by atoms with Crippen molar-refractivity contribution in [1.82, 2.24) is 0 Å². The van der Waals surface area contributed by atoms with Gasteiger partial charge in [-0.15, -0.1) is 0 Å². The van der Waals surface area contributed by atoms with E-state index >= 15 is 0 Å². The van der Waals surface area contributed by atoms with E-state index < -0.39 is 29.8 Å². The molecule has 1 aromatic carbocycles. The average Bonchev–Trinajstić information content (AvgIpc) is 3.24. The van der Waals surface area contributed by atoms with E-state index in [0.717, 1.165) is 52.1 Å². The molecular weight excluding hydrogens is 497 g/mol. The van der Waals surface area contributed by atoms with Gasteiger partial charge in [-0.3, -0.25) is 4.79 Å². The molecule has 0 spiro atoms. The number of aliphatic carboxylic acids is 1. The van der Waals surface area contributed by atoms with Gasteiger partial charge in [-0.05, 0) is 44.4 Å². The number of ether oxygens (including phenoxy) is 2. The van der Waals surface area contributed by atoms with Crippen LogP contribution in [0.2, 0.25) is 0 Å². The summed E-state index contributed by atoms with van der Waals surface area (Å²) in [5.41, 5.74) is -3.50. The predicted molar refractivity (Wildman–Crippen MR) is 141 cm³/mol. The van der Waals surface area contributed by atoms with Gasteiger partial charge in [0.1, 0.15) is 6.10 Å². The fourth-order valence-corrected chi connectivity index (χ4v) is 5.42. The molecule has 2 rings (SSSR count). The molecule has 0 saturated heterocycles. The van der Waals surface area contributed by atoms with Crippen LogP contribution in [0.3, 0.4) is 0 Å². The largest absolute Gasteiger partial charge is 0.481 e. The zero-order valence-electron chi connectivity index (χ0n) is 22.7. The number of hydrogen-bond donors (Lipinski definition) is 1. The highest BCUT2D eigenvalue weighted by atomic mass is 19.4. The Balaban J connectivity index is 2.15. The molecule has 1 unspecified atom stereocenters. The van der Waals surface area contributed by atoms with Gasteiger partial charge in [-0.2, -0.15) is 13.2 Å². The van der Waals surface area contributed by atoms with Crippen LogP contribution >= 0.6 is 0 Å². The molecular formula is C30H43F3O5. The topological polar surface area (TPSA) is 72.8 Å². The summed E-state index contributed by atoms with van der Waals surface area (Å²) in [6, 6.07) is 6.91. The summed E-state index contributed by atoms with van der Waals surface area (Å²) >= 11 is 0. The van der Waals surface area contributed by atoms with Gasteiger partial charge in [0.2, 0.25) is 0 Å². The summed E-state index contributed by atoms with van der Waals surface area (Å²) in [5, 5.41) is 8.83. The van der Waals surface area contributed by atoms with Crippen LogP contribution in [-0.2, 0) is 24.7 Å². The number of hydrogen-bond acceptors (Lipinski definition) is 4. The molecule has 214 valence electrons. The Kier molecular flexibility index (Phi) is 13.3. The SMILES string of the molecule is CCCCCCC=C[C@H]1CC[C@H](OC(=O)C(OC)(c2ccccc2)C(F)(F)F)[C@@H]1CCCCCCC(=O)O. The Morgan fingerprint density at radius 2 is 1.68 bits per heavy atom. The van der Waals surface area contributed by atoms with E-state index in [1.807, 2.05) is 0 Å². The van der Waals surface area contributed by atoms with E-state index in [1.165, 1.54) is 37.1 Å². The Morgan fingerprint density at radius 1 is 1.00 bits per heavy atom. The lowest BCUT2D eigenvalue weighted by molar-refractivity contribution is -0.278. The first-order valence-electron chi connectivity index (χ1n) is 13.9. The van der Waals surface area contributed by atoms with Crippen molar-refractivity contribution in [3.05, 3.63) is 48.0 Å². The number of rotatable bonds is 17. The Bertz CT molecular complexity index is 870. The van der Waals surface area contributed by atoms with Gasteiger partial charge in [-0.25, -0.2) is 4.79 Å². The molecule has 0 bridgehead atoms. The maximum atomic E-state index is 14.4. The minimum Gasteiger partial charge on any atom is -0.481 e. The number of alkyl halides is 3. The number of carbonyl (C=O) groups is 2. The minimum atomic E-state index is -5.00. The molecule has 8 heteroatoms. The zero-order valence-corrected chi connectivity index (χ0v) is 22.7. The number of methoxy groups -OCH3 is 1. The highest BCUT2D eigenvalue weighted by Crippen LogP contribution is 2.45. The molecule has 0 aliphatic heterocycles. The van der Waals surface area contributed by atoms with E-state index in [0.29, 0.717) is 19.3 Å². The first-order valence-corrected chi connectivity index (χ1v) is 13.9. The number of benzene rings is 1. The van der Waals surface area contributed by atoms with Crippen molar-refractivity contribution in [2.75, 3.05) is 7.11 Å². The standard InChI is InChI=1S/C30H43F3O5/c1-3-4-5-6-7-11-16-23-21-22-26(25(23)19-14-8-9-15-20-27(34)35)38-28(36)29(37-2,30(31,32)33)24-17-12-10-13-18-24/h10-13,16-18,23,25-26H,3-9,14-15,19-22H2,1-2H3,(H,34,35)/t23-,25+,26-,29?/m0/s1. The fourth-order valence-electron chi connectivity index (χ4n) is 5.42. The first kappa shape index (κ1) is 31.9. The van der Waals surface area contributed by atoms with Crippen LogP contribution in [-0.4, -0.2) is 36.4 Å². The number of allylic oxidation sites excluding steroid dienone is 2. The second-order valence-corrected chi connectivity index (χ2v) is 10.2. The van der Waals surface area contributed by atoms with Crippen molar-refractivity contribution in [3.8, 4) is 0 Å². The monoisotopic (exact) mass is 540 g/mol. The predicted octanol–water partition coefficient (Wildman–Crippen LogP) is 7.98. The van der Waals surface area contributed by atoms with Crippen LogP contribution in [0.4, 0.5) is 13.2 Å². The number of carbonyl (C=O) groups excluding carboxylic acids is 1. The minimum absolute atomic E-state index is 0.0936. The number of carboxylic acids is 1. The summed E-state index contributed by atoms with van der Waals surface area (Å²) in [6.07, 6.45) is 9.30. The Hall–Kier alpha value is -2.35. The summed E-state index contributed by atoms with van der Waals surface area (Å²) in [7, 11) is 0.884. The van der Waals surface area contributed by atoms with E-state index in [-0.39, 0.29) is 23.8 Å². The first-order chi connectivity index (χ1) is 18.2. The van der Waals surface area contributed by atoms with Crippen molar-refractivity contribution in [3.63, 3.8) is 0 Å². The van der Waals surface area contributed by atoms with E-state index in [2.05, 4.69) is 19.1 Å². The zero-order chi connectivity index (χ0) is 28.0. The summed E-state index contributed by atoms with van der Waals surface area (Å²) < 4.78 is 53.6. The lowest BCUT2D eigenvalue weighted by atomic mass is 9.88. The third-order valence-corrected chi connectivity index (χ3v) is 7.53. The highest BCUT2D eigenvalue weighted by molar-refractivity contribution is 5.83. The number of halogens is 3. The van der Waals surface area contributed by atoms with Gasteiger partial charge in [0.05, 0.1) is 0 Å². The Morgan fingerprint density at radius 3 is 2.32 bits per heavy atom. The van der Waals surface area contributed by atoms with Gasteiger partial charge in [-0.1, -0.05) is 87.9 Å². The highest BCUT2D eigenvalue weighted by Gasteiger charge is 2.64. The lowest BCUT2D eigenvalue weighted by Gasteiger charge is -2.34. The van der Waals surface area contributed by atoms with Crippen molar-refractivity contribution >= 4 is 11.9 Å². The molecule has 1 saturated carbocycles. The molecule has 38 heavy (non-hydrogen) atoms. The summed E-state index contributed by atoms with van der Waals surface area (Å²) in [4.78, 5) is 24.0. The maximum Gasteiger partial charge on any atom is 0.432 e. The van der Waals surface area contributed by atoms with Crippen molar-refractivity contribution in [1.29, 1.82) is 0 Å². The second kappa shape index (κ2) is 15.9. The van der Waals surface area contributed by atoms with Crippen LogP contribution in [0, 0.1) is 11.8 Å². The van der Waals surface area contributed by atoms with Crippen LogP contribution in [0.15, 0.2) is 42.5 Å². The molecule has 1 fully saturated rings. The molecule has 4 atom stereocenters. The third-order valence-electron chi connectivity index (χ3n) is 7.53. The molecule has 0 heterocycles. The van der Waals surface area contributed by atoms with E-state index in [4.69, 9.17) is 14.6 Å². The van der Waals surface area contributed by atoms with Crippen LogP contribution in [0.5, 0.6) is 0 Å². The van der Waals surface area contributed by atoms with Crippen molar-refractivity contribution in [2.24, 2.45) is 11.8 Å². The van der Waals surface area contributed by atoms with Crippen molar-refractivity contribution < 1.29 is 37.3 Å². The maximum absolute atomic E-state index is 14.4. The van der Waals surface area contributed by atoms with Gasteiger partial charge in [0.25, 0.3) is 5.60 Å². The Labute approximate surface area is 224 Å². The van der Waals surface area contributed by atoms with Crippen LogP contribution < -0.4 is 0 Å². The molecule has 1 aromatic rings. The molecule has 1 aliphatic carbocycles. The third kappa shape index (κ3) is 8.85. The summed E-state index contributed by atoms with van der Waals surface area (Å²) in [6.45, 7) is 2.16. The molecule has 1 N–H and O–H groups in total. The normalized spacial score (nSPS) is 21.4. The van der Waals surface area contributed by atoms with Gasteiger partial charge in [0.15, 0.2) is 0 Å². The van der Waals surface area contributed by atoms with Gasteiger partial charge >= 0.3 is 18.1 Å². The summed E-state index contributed by atoms with van der Waals surface area (Å²) in [5.74, 6) is -2.22. The molecule has 0 aromatic heterocycles. The average molecular weight is 541 g/mol. The van der Waals surface area contributed by atoms with Crippen molar-refractivity contribution in [2.45, 2.75) is 108 Å². The van der Waals surface area contributed by atoms with E-state index in [1.54, 1.807) is 6.07 Å². The molecule has 1 aliphatic rings. The van der Waals surface area contributed by atoms with Gasteiger partial charge < -0.3 is 14.6 Å². The quantitative estimate of drug-likeness (QED) is 0.123. The second-order valence-electron chi connectivity index (χ2n) is 10.2. The smallest absolute Gasteiger partial charge is 0.432 e. The molecule has 0 amide bonds. The van der Waals surface area contributed by atoms with Gasteiger partial charge in [0, 0.05) is 25.0 Å².